The van der Waals surface area contributed by atoms with Crippen molar-refractivity contribution in [3.8, 4) is 0 Å². The van der Waals surface area contributed by atoms with Crippen LogP contribution in [-0.2, 0) is 0 Å². The highest BCUT2D eigenvalue weighted by molar-refractivity contribution is 7.98. The molecular weight excluding hydrogens is 204 g/mol. The molecule has 1 heterocycles. The summed E-state index contributed by atoms with van der Waals surface area (Å²) in [4.78, 5) is 3.78. The number of hydrogen-bond donors (Lipinski definition) is 1. The van der Waals surface area contributed by atoms with Gasteiger partial charge in [-0.3, -0.25) is 4.90 Å². The first-order valence-corrected chi connectivity index (χ1v) is 6.58. The maximum Gasteiger partial charge on any atom is 0.0470 e. The lowest BCUT2D eigenvalue weighted by molar-refractivity contribution is 0.202. The Kier molecular flexibility index (Phi) is 3.67. The van der Waals surface area contributed by atoms with Crippen LogP contribution in [0.5, 0.6) is 0 Å². The zero-order chi connectivity index (χ0) is 10.7. The Hall–Kier alpha value is -0.510. The standard InChI is InChI=1S/C12H18N2S/c1-14-7-6-13-9-12(14)10-4-3-5-11(8-10)15-2/h3-5,8,12-13H,6-7,9H2,1-2H3. The molecule has 1 fully saturated rings. The molecule has 2 rings (SSSR count). The van der Waals surface area contributed by atoms with Crippen LogP contribution in [0.3, 0.4) is 0 Å². The van der Waals surface area contributed by atoms with E-state index >= 15 is 0 Å². The largest absolute Gasteiger partial charge is 0.314 e. The quantitative estimate of drug-likeness (QED) is 0.770. The van der Waals surface area contributed by atoms with Gasteiger partial charge in [0, 0.05) is 30.6 Å². The Balaban J connectivity index is 2.19. The van der Waals surface area contributed by atoms with Crippen LogP contribution in [0.15, 0.2) is 29.2 Å². The molecule has 0 aliphatic carbocycles. The monoisotopic (exact) mass is 222 g/mol. The highest BCUT2D eigenvalue weighted by atomic mass is 32.2. The van der Waals surface area contributed by atoms with E-state index < -0.39 is 0 Å². The normalized spacial score (nSPS) is 22.9. The minimum atomic E-state index is 0.533. The lowest BCUT2D eigenvalue weighted by Crippen LogP contribution is -2.43. The lowest BCUT2D eigenvalue weighted by Gasteiger charge is -2.33. The maximum atomic E-state index is 3.45. The Morgan fingerprint density at radius 2 is 2.33 bits per heavy atom. The second kappa shape index (κ2) is 5.01. The van der Waals surface area contributed by atoms with E-state index in [9.17, 15) is 0 Å². The average molecular weight is 222 g/mol. The van der Waals surface area contributed by atoms with Gasteiger partial charge >= 0.3 is 0 Å². The van der Waals surface area contributed by atoms with Crippen LogP contribution >= 0.6 is 11.8 Å². The highest BCUT2D eigenvalue weighted by Crippen LogP contribution is 2.24. The third kappa shape index (κ3) is 2.54. The molecule has 1 unspecified atom stereocenters. The number of thioether (sulfide) groups is 1. The van der Waals surface area contributed by atoms with Crippen molar-refractivity contribution in [1.29, 1.82) is 0 Å². The number of nitrogens with zero attached hydrogens (tertiary/aromatic N) is 1. The molecule has 0 spiro atoms. The van der Waals surface area contributed by atoms with Gasteiger partial charge in [0.25, 0.3) is 0 Å². The fourth-order valence-corrected chi connectivity index (χ4v) is 2.50. The first-order valence-electron chi connectivity index (χ1n) is 5.36. The van der Waals surface area contributed by atoms with Gasteiger partial charge in [-0.25, -0.2) is 0 Å². The minimum absolute atomic E-state index is 0.533. The van der Waals surface area contributed by atoms with E-state index in [0.29, 0.717) is 6.04 Å². The predicted molar refractivity (Wildman–Crippen MR) is 66.5 cm³/mol. The highest BCUT2D eigenvalue weighted by Gasteiger charge is 2.19. The second-order valence-electron chi connectivity index (χ2n) is 3.98. The van der Waals surface area contributed by atoms with E-state index in [-0.39, 0.29) is 0 Å². The van der Waals surface area contributed by atoms with Crippen molar-refractivity contribution in [3.63, 3.8) is 0 Å². The number of benzene rings is 1. The van der Waals surface area contributed by atoms with Gasteiger partial charge in [-0.05, 0) is 31.0 Å². The molecular formula is C12H18N2S. The second-order valence-corrected chi connectivity index (χ2v) is 4.86. The first-order chi connectivity index (χ1) is 7.31. The number of rotatable bonds is 2. The Morgan fingerprint density at radius 1 is 1.47 bits per heavy atom. The molecule has 0 radical (unpaired) electrons. The zero-order valence-electron chi connectivity index (χ0n) is 9.36. The third-order valence-electron chi connectivity index (χ3n) is 2.99. The molecule has 2 nitrogen and oxygen atoms in total. The van der Waals surface area contributed by atoms with E-state index in [1.807, 2.05) is 11.8 Å². The van der Waals surface area contributed by atoms with Gasteiger partial charge in [0.05, 0.1) is 0 Å². The van der Waals surface area contributed by atoms with Crippen LogP contribution in [0.25, 0.3) is 0 Å². The topological polar surface area (TPSA) is 15.3 Å². The summed E-state index contributed by atoms with van der Waals surface area (Å²) in [5.41, 5.74) is 1.43. The van der Waals surface area contributed by atoms with Gasteiger partial charge in [0.1, 0.15) is 0 Å². The number of piperazine rings is 1. The van der Waals surface area contributed by atoms with Crippen molar-refractivity contribution in [2.24, 2.45) is 0 Å². The molecule has 82 valence electrons. The molecule has 1 aliphatic rings. The maximum absolute atomic E-state index is 3.45. The smallest absolute Gasteiger partial charge is 0.0470 e. The summed E-state index contributed by atoms with van der Waals surface area (Å²) in [6.45, 7) is 3.30. The van der Waals surface area contributed by atoms with Gasteiger partial charge in [0.15, 0.2) is 0 Å². The minimum Gasteiger partial charge on any atom is -0.314 e. The van der Waals surface area contributed by atoms with Crippen molar-refractivity contribution in [3.05, 3.63) is 29.8 Å². The Bertz CT molecular complexity index is 327. The van der Waals surface area contributed by atoms with Gasteiger partial charge in [-0.2, -0.15) is 0 Å². The van der Waals surface area contributed by atoms with E-state index in [1.54, 1.807) is 0 Å². The van der Waals surface area contributed by atoms with Crippen LogP contribution in [0.1, 0.15) is 11.6 Å². The van der Waals surface area contributed by atoms with Gasteiger partial charge < -0.3 is 5.32 Å². The van der Waals surface area contributed by atoms with Crippen LogP contribution in [-0.4, -0.2) is 37.8 Å². The summed E-state index contributed by atoms with van der Waals surface area (Å²) in [5, 5.41) is 3.45. The zero-order valence-corrected chi connectivity index (χ0v) is 10.2. The fraction of sp³-hybridized carbons (Fsp3) is 0.500. The molecule has 1 atom stereocenters. The Labute approximate surface area is 96.0 Å². The average Bonchev–Trinajstić information content (AvgIpc) is 2.30. The molecule has 1 aromatic carbocycles. The third-order valence-corrected chi connectivity index (χ3v) is 3.71. The van der Waals surface area contributed by atoms with Gasteiger partial charge in [-0.1, -0.05) is 12.1 Å². The van der Waals surface area contributed by atoms with E-state index in [1.165, 1.54) is 10.5 Å². The van der Waals surface area contributed by atoms with Crippen molar-refractivity contribution >= 4 is 11.8 Å². The molecule has 0 aromatic heterocycles. The predicted octanol–water partition coefficient (Wildman–Crippen LogP) is 1.98. The van der Waals surface area contributed by atoms with Crippen LogP contribution in [0, 0.1) is 0 Å². The molecule has 1 N–H and O–H groups in total. The number of nitrogens with one attached hydrogen (secondary N) is 1. The van der Waals surface area contributed by atoms with Crippen LogP contribution < -0.4 is 5.32 Å². The number of likely N-dealkylation sites (N-methyl/N-ethyl adjacent to an activating group) is 1. The molecule has 0 saturated carbocycles. The molecule has 15 heavy (non-hydrogen) atoms. The Morgan fingerprint density at radius 3 is 3.07 bits per heavy atom. The molecule has 1 saturated heterocycles. The van der Waals surface area contributed by atoms with E-state index in [0.717, 1.165) is 19.6 Å². The fourth-order valence-electron chi connectivity index (χ4n) is 2.03. The van der Waals surface area contributed by atoms with Crippen LogP contribution in [0.2, 0.25) is 0 Å². The molecule has 3 heteroatoms. The van der Waals surface area contributed by atoms with Crippen molar-refractivity contribution in [2.75, 3.05) is 32.9 Å². The summed E-state index contributed by atoms with van der Waals surface area (Å²) in [7, 11) is 2.21. The summed E-state index contributed by atoms with van der Waals surface area (Å²) in [6.07, 6.45) is 2.13. The summed E-state index contributed by atoms with van der Waals surface area (Å²) < 4.78 is 0. The molecule has 1 aromatic rings. The van der Waals surface area contributed by atoms with E-state index in [2.05, 4.69) is 47.8 Å². The van der Waals surface area contributed by atoms with E-state index in [4.69, 9.17) is 0 Å². The summed E-state index contributed by atoms with van der Waals surface area (Å²) in [6, 6.07) is 9.40. The van der Waals surface area contributed by atoms with Gasteiger partial charge in [0.2, 0.25) is 0 Å². The van der Waals surface area contributed by atoms with Crippen molar-refractivity contribution < 1.29 is 0 Å². The SMILES string of the molecule is CSc1cccc(C2CNCCN2C)c1. The van der Waals surface area contributed by atoms with Gasteiger partial charge in [-0.15, -0.1) is 11.8 Å². The van der Waals surface area contributed by atoms with Crippen molar-refractivity contribution in [1.82, 2.24) is 10.2 Å². The molecule has 0 bridgehead atoms. The van der Waals surface area contributed by atoms with Crippen molar-refractivity contribution in [2.45, 2.75) is 10.9 Å². The first kappa shape index (κ1) is 11.0. The summed E-state index contributed by atoms with van der Waals surface area (Å²) >= 11 is 1.81. The lowest BCUT2D eigenvalue weighted by atomic mass is 10.0. The molecule has 0 amide bonds. The number of hydrogen-bond acceptors (Lipinski definition) is 3. The summed E-state index contributed by atoms with van der Waals surface area (Å²) in [5.74, 6) is 0. The molecule has 1 aliphatic heterocycles. The van der Waals surface area contributed by atoms with Crippen LogP contribution in [0.4, 0.5) is 0 Å².